The van der Waals surface area contributed by atoms with Gasteiger partial charge in [0.15, 0.2) is 0 Å². The van der Waals surface area contributed by atoms with E-state index in [0.29, 0.717) is 19.2 Å². The van der Waals surface area contributed by atoms with E-state index in [9.17, 15) is 23.6 Å². The molecule has 0 radical (unpaired) electrons. The van der Waals surface area contributed by atoms with Crippen LogP contribution in [0.3, 0.4) is 0 Å². The predicted molar refractivity (Wildman–Crippen MR) is 88.6 cm³/mol. The van der Waals surface area contributed by atoms with Crippen LogP contribution >= 0.6 is 0 Å². The minimum atomic E-state index is -1.17. The Balaban J connectivity index is 2.09. The number of rotatable bonds is 1. The summed E-state index contributed by atoms with van der Waals surface area (Å²) in [4.78, 5) is 27.9. The van der Waals surface area contributed by atoms with Gasteiger partial charge >= 0.3 is 12.1 Å². The zero-order chi connectivity index (χ0) is 18.8. The van der Waals surface area contributed by atoms with Crippen LogP contribution in [0, 0.1) is 23.0 Å². The topological polar surface area (TPSA) is 76.4 Å². The molecule has 0 aromatic heterocycles. The van der Waals surface area contributed by atoms with Crippen LogP contribution in [0.15, 0.2) is 29.5 Å². The van der Waals surface area contributed by atoms with Gasteiger partial charge in [-0.15, -0.1) is 0 Å². The van der Waals surface area contributed by atoms with Crippen LogP contribution in [0.1, 0.15) is 37.8 Å². The van der Waals surface area contributed by atoms with Crippen LogP contribution < -0.4 is 5.32 Å². The van der Waals surface area contributed by atoms with Crippen LogP contribution in [0.5, 0.6) is 0 Å². The fourth-order valence-electron chi connectivity index (χ4n) is 3.37. The van der Waals surface area contributed by atoms with Gasteiger partial charge in [-0.3, -0.25) is 0 Å². The van der Waals surface area contributed by atoms with Crippen LogP contribution in [0.2, 0.25) is 0 Å². The molecule has 1 atom stereocenters. The Morgan fingerprint density at radius 1 is 1.19 bits per heavy atom. The summed E-state index contributed by atoms with van der Waals surface area (Å²) in [5, 5.41) is 12.0. The van der Waals surface area contributed by atoms with E-state index in [0.717, 1.165) is 36.3 Å². The van der Waals surface area contributed by atoms with Gasteiger partial charge in [-0.2, -0.15) is 5.26 Å². The number of urea groups is 2. The molecule has 1 aromatic rings. The molecule has 1 aromatic carbocycles. The number of nitrogens with zero attached hydrogens (tertiary/aromatic N) is 3. The van der Waals surface area contributed by atoms with Gasteiger partial charge in [0, 0.05) is 24.9 Å². The second kappa shape index (κ2) is 7.12. The molecule has 1 fully saturated rings. The monoisotopic (exact) mass is 360 g/mol. The molecule has 0 saturated carbocycles. The fraction of sp³-hybridized carbons (Fsp3) is 0.389. The lowest BCUT2D eigenvalue weighted by molar-refractivity contribution is 0.135. The number of halogens is 2. The number of hydrogen-bond acceptors (Lipinski definition) is 3. The maximum Gasteiger partial charge on any atom is 0.330 e. The standard InChI is InChI=1S/C18H18F2N4O2/c1-11-15(10-21)16(12-7-13(19)9-14(20)8-12)24(17(25)22-11)18(26)23-5-3-2-4-6-23/h7-9,16H,2-6H2,1H3,(H,22,25). The molecule has 3 rings (SSSR count). The van der Waals surface area contributed by atoms with E-state index < -0.39 is 29.7 Å². The molecular formula is C18H18F2N4O2. The molecule has 0 aliphatic carbocycles. The fourth-order valence-corrected chi connectivity index (χ4v) is 3.37. The second-order valence-corrected chi connectivity index (χ2v) is 6.39. The molecule has 136 valence electrons. The number of piperidine rings is 1. The Hall–Kier alpha value is -2.95. The number of nitrogens with one attached hydrogen (secondary N) is 1. The molecule has 1 unspecified atom stereocenters. The van der Waals surface area contributed by atoms with E-state index in [-0.39, 0.29) is 16.8 Å². The third-order valence-electron chi connectivity index (χ3n) is 4.60. The van der Waals surface area contributed by atoms with Crippen LogP contribution in [0.4, 0.5) is 18.4 Å². The molecule has 6 nitrogen and oxygen atoms in total. The van der Waals surface area contributed by atoms with E-state index in [4.69, 9.17) is 0 Å². The predicted octanol–water partition coefficient (Wildman–Crippen LogP) is 3.43. The number of amides is 4. The Labute approximate surface area is 149 Å². The molecule has 1 saturated heterocycles. The first-order valence-corrected chi connectivity index (χ1v) is 8.38. The number of hydrogen-bond donors (Lipinski definition) is 1. The lowest BCUT2D eigenvalue weighted by atomic mass is 9.94. The highest BCUT2D eigenvalue weighted by molar-refractivity contribution is 5.96. The summed E-state index contributed by atoms with van der Waals surface area (Å²) in [6, 6.07) is 2.27. The molecule has 0 spiro atoms. The average molecular weight is 360 g/mol. The first-order valence-electron chi connectivity index (χ1n) is 8.38. The molecule has 8 heteroatoms. The van der Waals surface area contributed by atoms with E-state index in [2.05, 4.69) is 5.32 Å². The third kappa shape index (κ3) is 3.25. The van der Waals surface area contributed by atoms with Crippen molar-refractivity contribution in [3.8, 4) is 6.07 Å². The van der Waals surface area contributed by atoms with Crippen molar-refractivity contribution in [1.29, 1.82) is 5.26 Å². The van der Waals surface area contributed by atoms with Gasteiger partial charge in [0.05, 0.1) is 11.6 Å². The van der Waals surface area contributed by atoms with Crippen LogP contribution in [-0.2, 0) is 0 Å². The van der Waals surface area contributed by atoms with Crippen molar-refractivity contribution in [3.63, 3.8) is 0 Å². The normalized spacial score (nSPS) is 20.7. The number of benzene rings is 1. The second-order valence-electron chi connectivity index (χ2n) is 6.39. The smallest absolute Gasteiger partial charge is 0.324 e. The highest BCUT2D eigenvalue weighted by atomic mass is 19.1. The zero-order valence-corrected chi connectivity index (χ0v) is 14.3. The summed E-state index contributed by atoms with van der Waals surface area (Å²) < 4.78 is 27.5. The van der Waals surface area contributed by atoms with Crippen molar-refractivity contribution in [2.75, 3.05) is 13.1 Å². The van der Waals surface area contributed by atoms with Gasteiger partial charge in [0.1, 0.15) is 17.7 Å². The quantitative estimate of drug-likeness (QED) is 0.833. The Kier molecular flexibility index (Phi) is 4.89. The van der Waals surface area contributed by atoms with Crippen LogP contribution in [-0.4, -0.2) is 35.0 Å². The number of likely N-dealkylation sites (tertiary alicyclic amines) is 1. The van der Waals surface area contributed by atoms with Gasteiger partial charge in [-0.05, 0) is 43.9 Å². The Bertz CT molecular complexity index is 805. The molecule has 26 heavy (non-hydrogen) atoms. The molecule has 2 heterocycles. The highest BCUT2D eigenvalue weighted by Crippen LogP contribution is 2.35. The third-order valence-corrected chi connectivity index (χ3v) is 4.60. The summed E-state index contributed by atoms with van der Waals surface area (Å²) in [6.07, 6.45) is 2.64. The molecule has 2 aliphatic rings. The van der Waals surface area contributed by atoms with E-state index in [1.165, 1.54) is 11.8 Å². The average Bonchev–Trinajstić information content (AvgIpc) is 2.60. The Morgan fingerprint density at radius 2 is 1.81 bits per heavy atom. The maximum atomic E-state index is 13.7. The van der Waals surface area contributed by atoms with Gasteiger partial charge < -0.3 is 10.2 Å². The van der Waals surface area contributed by atoms with Crippen molar-refractivity contribution in [3.05, 3.63) is 46.7 Å². The van der Waals surface area contributed by atoms with Crippen molar-refractivity contribution < 1.29 is 18.4 Å². The lowest BCUT2D eigenvalue weighted by Gasteiger charge is -2.39. The highest BCUT2D eigenvalue weighted by Gasteiger charge is 2.41. The van der Waals surface area contributed by atoms with E-state index in [1.54, 1.807) is 0 Å². The number of nitriles is 1. The molecule has 4 amide bonds. The molecule has 1 N–H and O–H groups in total. The summed E-state index contributed by atoms with van der Waals surface area (Å²) in [7, 11) is 0. The van der Waals surface area contributed by atoms with Crippen molar-refractivity contribution in [2.24, 2.45) is 0 Å². The van der Waals surface area contributed by atoms with Crippen molar-refractivity contribution in [2.45, 2.75) is 32.2 Å². The van der Waals surface area contributed by atoms with Crippen LogP contribution in [0.25, 0.3) is 0 Å². The number of carbonyl (C=O) groups excluding carboxylic acids is 2. The largest absolute Gasteiger partial charge is 0.330 e. The summed E-state index contributed by atoms with van der Waals surface area (Å²) in [5.74, 6) is -1.68. The summed E-state index contributed by atoms with van der Waals surface area (Å²) >= 11 is 0. The van der Waals surface area contributed by atoms with E-state index in [1.807, 2.05) is 6.07 Å². The van der Waals surface area contributed by atoms with Crippen molar-refractivity contribution in [1.82, 2.24) is 15.1 Å². The molecule has 0 bridgehead atoms. The first-order chi connectivity index (χ1) is 12.4. The number of carbonyl (C=O) groups is 2. The van der Waals surface area contributed by atoms with Crippen molar-refractivity contribution >= 4 is 12.1 Å². The number of imide groups is 1. The molecular weight excluding hydrogens is 342 g/mol. The SMILES string of the molecule is CC1=C(C#N)C(c2cc(F)cc(F)c2)N(C(=O)N2CCCCC2)C(=O)N1. The first kappa shape index (κ1) is 17.9. The maximum absolute atomic E-state index is 13.7. The zero-order valence-electron chi connectivity index (χ0n) is 14.3. The minimum Gasteiger partial charge on any atom is -0.324 e. The minimum absolute atomic E-state index is 0.0404. The summed E-state index contributed by atoms with van der Waals surface area (Å²) in [5.41, 5.74) is 0.369. The van der Waals surface area contributed by atoms with Gasteiger partial charge in [-0.25, -0.2) is 23.3 Å². The van der Waals surface area contributed by atoms with Gasteiger partial charge in [-0.1, -0.05) is 0 Å². The summed E-state index contributed by atoms with van der Waals surface area (Å²) in [6.45, 7) is 2.51. The van der Waals surface area contributed by atoms with Gasteiger partial charge in [0.25, 0.3) is 0 Å². The molecule has 2 aliphatic heterocycles. The Morgan fingerprint density at radius 3 is 2.38 bits per heavy atom. The van der Waals surface area contributed by atoms with Gasteiger partial charge in [0.2, 0.25) is 0 Å². The lowest BCUT2D eigenvalue weighted by Crippen LogP contribution is -2.55. The van der Waals surface area contributed by atoms with E-state index >= 15 is 0 Å². The number of allylic oxidation sites excluding steroid dienone is 1.